The zero-order chi connectivity index (χ0) is 10.5. The fraction of sp³-hybridized carbons (Fsp3) is 0.400. The van der Waals surface area contributed by atoms with Crippen molar-refractivity contribution in [3.63, 3.8) is 0 Å². The van der Waals surface area contributed by atoms with Gasteiger partial charge in [-0.05, 0) is 6.07 Å². The van der Waals surface area contributed by atoms with Crippen molar-refractivity contribution in [1.29, 1.82) is 0 Å². The summed E-state index contributed by atoms with van der Waals surface area (Å²) in [6.07, 6.45) is 0. The quantitative estimate of drug-likeness (QED) is 0.672. The Morgan fingerprint density at radius 2 is 2.07 bits per heavy atom. The predicted molar refractivity (Wildman–Crippen MR) is 57.9 cm³/mol. The second-order valence-electron chi connectivity index (χ2n) is 4.15. The van der Waals surface area contributed by atoms with Crippen LogP contribution in [-0.2, 0) is 5.41 Å². The molecule has 1 aromatic carbocycles. The van der Waals surface area contributed by atoms with Crippen LogP contribution < -0.4 is 5.32 Å². The third kappa shape index (κ3) is 1.29. The summed E-state index contributed by atoms with van der Waals surface area (Å²) in [6, 6.07) is 1.59. The van der Waals surface area contributed by atoms with Gasteiger partial charge in [0.05, 0.1) is 10.0 Å². The number of fused-ring (bicyclic) bond motifs is 1. The Labute approximate surface area is 92.2 Å². The molecule has 0 unspecified atom stereocenters. The van der Waals surface area contributed by atoms with Crippen molar-refractivity contribution in [3.8, 4) is 0 Å². The van der Waals surface area contributed by atoms with Gasteiger partial charge < -0.3 is 5.32 Å². The van der Waals surface area contributed by atoms with E-state index in [0.29, 0.717) is 0 Å². The first-order valence-electron chi connectivity index (χ1n) is 4.35. The van der Waals surface area contributed by atoms with Crippen LogP contribution in [0.2, 0.25) is 10.0 Å². The van der Waals surface area contributed by atoms with E-state index in [9.17, 15) is 4.39 Å². The highest BCUT2D eigenvalue weighted by atomic mass is 35.5. The molecule has 14 heavy (non-hydrogen) atoms. The smallest absolute Gasteiger partial charge is 0.160 e. The third-order valence-electron chi connectivity index (χ3n) is 2.56. The highest BCUT2D eigenvalue weighted by Crippen LogP contribution is 2.44. The molecule has 0 saturated carbocycles. The molecule has 0 spiro atoms. The summed E-state index contributed by atoms with van der Waals surface area (Å²) in [5.41, 5.74) is 1.52. The minimum absolute atomic E-state index is 0.0685. The van der Waals surface area contributed by atoms with Gasteiger partial charge >= 0.3 is 0 Å². The Balaban J connectivity index is 2.73. The lowest BCUT2D eigenvalue weighted by Crippen LogP contribution is -2.19. The lowest BCUT2D eigenvalue weighted by atomic mass is 9.87. The zero-order valence-electron chi connectivity index (χ0n) is 7.92. The van der Waals surface area contributed by atoms with Gasteiger partial charge in [0.2, 0.25) is 0 Å². The van der Waals surface area contributed by atoms with E-state index in [-0.39, 0.29) is 15.5 Å². The van der Waals surface area contributed by atoms with Crippen LogP contribution in [0, 0.1) is 5.82 Å². The molecule has 0 aliphatic carbocycles. The molecule has 0 radical (unpaired) electrons. The molecule has 0 amide bonds. The molecule has 1 heterocycles. The summed E-state index contributed by atoms with van der Waals surface area (Å²) in [7, 11) is 0. The van der Waals surface area contributed by atoms with Crippen molar-refractivity contribution in [3.05, 3.63) is 27.5 Å². The normalized spacial score (nSPS) is 17.8. The van der Waals surface area contributed by atoms with Crippen LogP contribution in [0.5, 0.6) is 0 Å². The van der Waals surface area contributed by atoms with E-state index in [2.05, 4.69) is 5.32 Å². The standard InChI is InChI=1S/C10H10Cl2FN/c1-10(2)4-14-6-3-5(11)9(13)8(12)7(6)10/h3,14H,4H2,1-2H3. The van der Waals surface area contributed by atoms with Crippen molar-refractivity contribution in [2.24, 2.45) is 0 Å². The van der Waals surface area contributed by atoms with Gasteiger partial charge in [0.15, 0.2) is 5.82 Å². The highest BCUT2D eigenvalue weighted by molar-refractivity contribution is 6.36. The van der Waals surface area contributed by atoms with Crippen LogP contribution in [0.4, 0.5) is 10.1 Å². The summed E-state index contributed by atoms with van der Waals surface area (Å²) in [5.74, 6) is -0.524. The molecule has 1 aromatic rings. The average molecular weight is 234 g/mol. The Morgan fingerprint density at radius 1 is 1.43 bits per heavy atom. The lowest BCUT2D eigenvalue weighted by Gasteiger charge is -2.18. The number of benzene rings is 1. The van der Waals surface area contributed by atoms with E-state index < -0.39 is 5.82 Å². The van der Waals surface area contributed by atoms with Crippen LogP contribution in [0.15, 0.2) is 6.07 Å². The monoisotopic (exact) mass is 233 g/mol. The molecule has 2 rings (SSSR count). The van der Waals surface area contributed by atoms with Crippen molar-refractivity contribution >= 4 is 28.9 Å². The molecule has 0 aromatic heterocycles. The third-order valence-corrected chi connectivity index (χ3v) is 3.19. The molecule has 1 aliphatic heterocycles. The SMILES string of the molecule is CC1(C)CNc2cc(Cl)c(F)c(Cl)c21. The zero-order valence-corrected chi connectivity index (χ0v) is 9.43. The van der Waals surface area contributed by atoms with Crippen molar-refractivity contribution in [2.45, 2.75) is 19.3 Å². The summed E-state index contributed by atoms with van der Waals surface area (Å²) in [4.78, 5) is 0. The van der Waals surface area contributed by atoms with E-state index in [1.807, 2.05) is 13.8 Å². The summed E-state index contributed by atoms with van der Waals surface area (Å²) < 4.78 is 13.4. The maximum Gasteiger partial charge on any atom is 0.160 e. The first-order chi connectivity index (χ1) is 6.43. The Kier molecular flexibility index (Phi) is 2.16. The van der Waals surface area contributed by atoms with Gasteiger partial charge in [-0.3, -0.25) is 0 Å². The first-order valence-corrected chi connectivity index (χ1v) is 5.11. The average Bonchev–Trinajstić information content (AvgIpc) is 2.38. The molecule has 0 saturated heterocycles. The Hall–Kier alpha value is -0.470. The molecule has 0 atom stereocenters. The number of rotatable bonds is 0. The molecule has 4 heteroatoms. The molecule has 0 bridgehead atoms. The summed E-state index contributed by atoms with van der Waals surface area (Å²) >= 11 is 11.6. The van der Waals surface area contributed by atoms with Gasteiger partial charge in [-0.25, -0.2) is 4.39 Å². The van der Waals surface area contributed by atoms with E-state index in [1.54, 1.807) is 6.07 Å². The lowest BCUT2D eigenvalue weighted by molar-refractivity contribution is 0.574. The van der Waals surface area contributed by atoms with E-state index in [0.717, 1.165) is 17.8 Å². The van der Waals surface area contributed by atoms with Crippen LogP contribution in [0.3, 0.4) is 0 Å². The van der Waals surface area contributed by atoms with Gasteiger partial charge in [0.1, 0.15) is 0 Å². The first kappa shape index (κ1) is 10.1. The van der Waals surface area contributed by atoms with Gasteiger partial charge in [0.25, 0.3) is 0 Å². The summed E-state index contributed by atoms with van der Waals surface area (Å²) in [5, 5.41) is 3.37. The van der Waals surface area contributed by atoms with Gasteiger partial charge in [0, 0.05) is 23.2 Å². The van der Waals surface area contributed by atoms with Gasteiger partial charge in [-0.2, -0.15) is 0 Å². The molecule has 1 N–H and O–H groups in total. The topological polar surface area (TPSA) is 12.0 Å². The Morgan fingerprint density at radius 3 is 2.71 bits per heavy atom. The van der Waals surface area contributed by atoms with Gasteiger partial charge in [-0.1, -0.05) is 37.0 Å². The fourth-order valence-corrected chi connectivity index (χ4v) is 2.51. The molecule has 1 nitrogen and oxygen atoms in total. The largest absolute Gasteiger partial charge is 0.384 e. The summed E-state index contributed by atoms with van der Waals surface area (Å²) in [6.45, 7) is 4.79. The number of nitrogens with one attached hydrogen (secondary N) is 1. The number of hydrogen-bond acceptors (Lipinski definition) is 1. The minimum Gasteiger partial charge on any atom is -0.384 e. The highest BCUT2D eigenvalue weighted by Gasteiger charge is 2.34. The molecule has 76 valence electrons. The van der Waals surface area contributed by atoms with E-state index in [4.69, 9.17) is 23.2 Å². The van der Waals surface area contributed by atoms with Crippen LogP contribution in [0.25, 0.3) is 0 Å². The van der Waals surface area contributed by atoms with Crippen LogP contribution in [-0.4, -0.2) is 6.54 Å². The minimum atomic E-state index is -0.524. The van der Waals surface area contributed by atoms with Gasteiger partial charge in [-0.15, -0.1) is 0 Å². The molecular formula is C10H10Cl2FN. The van der Waals surface area contributed by atoms with Crippen molar-refractivity contribution < 1.29 is 4.39 Å². The number of halogens is 3. The van der Waals surface area contributed by atoms with E-state index in [1.165, 1.54) is 0 Å². The molecular weight excluding hydrogens is 224 g/mol. The molecule has 1 aliphatic rings. The van der Waals surface area contributed by atoms with Crippen LogP contribution >= 0.6 is 23.2 Å². The number of anilines is 1. The van der Waals surface area contributed by atoms with Crippen molar-refractivity contribution in [2.75, 3.05) is 11.9 Å². The predicted octanol–water partition coefficient (Wildman–Crippen LogP) is 3.84. The van der Waals surface area contributed by atoms with Crippen LogP contribution in [0.1, 0.15) is 19.4 Å². The van der Waals surface area contributed by atoms with E-state index >= 15 is 0 Å². The second-order valence-corrected chi connectivity index (χ2v) is 4.93. The maximum absolute atomic E-state index is 13.4. The Bertz CT molecular complexity index is 402. The maximum atomic E-state index is 13.4. The second kappa shape index (κ2) is 3.01. The molecule has 0 fully saturated rings. The van der Waals surface area contributed by atoms with Crippen molar-refractivity contribution in [1.82, 2.24) is 0 Å². The fourth-order valence-electron chi connectivity index (χ4n) is 1.80. The number of hydrogen-bond donors (Lipinski definition) is 1.